The van der Waals surface area contributed by atoms with Gasteiger partial charge in [-0.1, -0.05) is 55.8 Å². The predicted molar refractivity (Wildman–Crippen MR) is 297 cm³/mol. The summed E-state index contributed by atoms with van der Waals surface area (Å²) in [6, 6.07) is 12.2. The van der Waals surface area contributed by atoms with Gasteiger partial charge < -0.3 is 75.1 Å². The molecule has 25 heteroatoms. The predicted octanol–water partition coefficient (Wildman–Crippen LogP) is 2.95. The molecule has 7 aliphatic carbocycles. The molecular formula is C62H74N4O21. The molecular weight excluding hydrogens is 1140 g/mol. The van der Waals surface area contributed by atoms with E-state index in [-0.39, 0.29) is 85.6 Å². The van der Waals surface area contributed by atoms with Crippen LogP contribution in [-0.4, -0.2) is 156 Å². The average molecular weight is 1210 g/mol. The second kappa shape index (κ2) is 23.9. The van der Waals surface area contributed by atoms with Crippen molar-refractivity contribution in [2.45, 2.75) is 184 Å². The number of carboxylic acid groups (broad SMARTS) is 1. The number of aliphatic hydroxyl groups excluding tert-OH is 5. The van der Waals surface area contributed by atoms with Crippen LogP contribution in [0, 0.1) is 34.0 Å². The van der Waals surface area contributed by atoms with Crippen LogP contribution in [0.1, 0.15) is 133 Å². The van der Waals surface area contributed by atoms with E-state index in [9.17, 15) is 73.8 Å². The maximum absolute atomic E-state index is 14.1. The van der Waals surface area contributed by atoms with Crippen LogP contribution in [-0.2, 0) is 75.2 Å². The number of aliphatic carboxylic acids is 1. The van der Waals surface area contributed by atoms with Crippen LogP contribution < -0.4 is 20.7 Å². The quantitative estimate of drug-likeness (QED) is 0.0913. The first-order chi connectivity index (χ1) is 41.4. The first kappa shape index (κ1) is 61.7. The minimum Gasteiger partial charge on any atom is -0.479 e. The van der Waals surface area contributed by atoms with Crippen molar-refractivity contribution in [3.8, 4) is 5.75 Å². The van der Waals surface area contributed by atoms with Crippen molar-refractivity contribution in [3.05, 3.63) is 83.0 Å². The van der Waals surface area contributed by atoms with Crippen molar-refractivity contribution < 1.29 is 102 Å². The number of carbonyl (C=O) groups excluding carboxylic acids is 8. The largest absolute Gasteiger partial charge is 0.479 e. The third kappa shape index (κ3) is 11.5. The highest BCUT2D eigenvalue weighted by Gasteiger charge is 2.76. The van der Waals surface area contributed by atoms with Gasteiger partial charge >= 0.3 is 18.0 Å². The van der Waals surface area contributed by atoms with Crippen LogP contribution in [0.4, 0.5) is 10.5 Å². The van der Waals surface area contributed by atoms with Crippen molar-refractivity contribution in [1.82, 2.24) is 15.7 Å². The molecule has 10 aliphatic rings. The summed E-state index contributed by atoms with van der Waals surface area (Å²) in [4.78, 5) is 118. The van der Waals surface area contributed by atoms with E-state index >= 15 is 0 Å². The van der Waals surface area contributed by atoms with Gasteiger partial charge in [0.15, 0.2) is 29.6 Å². The molecule has 0 radical (unpaired) electrons. The van der Waals surface area contributed by atoms with Crippen LogP contribution in [0.3, 0.4) is 0 Å². The zero-order chi connectivity index (χ0) is 62.0. The summed E-state index contributed by atoms with van der Waals surface area (Å²) < 4.78 is 30.3. The number of nitrogens with zero attached hydrogens (tertiary/aromatic N) is 1. The molecule has 14 atom stereocenters. The molecule has 3 saturated heterocycles. The summed E-state index contributed by atoms with van der Waals surface area (Å²) in [5.41, 5.74) is -0.141. The first-order valence-corrected chi connectivity index (χ1v) is 29.9. The van der Waals surface area contributed by atoms with Gasteiger partial charge in [0.2, 0.25) is 18.1 Å². The number of Topliss-reactive ketones (excluding diaryl/α,β-unsaturated/α-hetero) is 1. The number of hydroxylamine groups is 2. The number of amides is 5. The molecule has 3 heterocycles. The van der Waals surface area contributed by atoms with Gasteiger partial charge in [-0.2, -0.15) is 0 Å². The van der Waals surface area contributed by atoms with Gasteiger partial charge in [-0.05, 0) is 123 Å². The fourth-order valence-electron chi connectivity index (χ4n) is 16.0. The van der Waals surface area contributed by atoms with Gasteiger partial charge in [-0.3, -0.25) is 28.8 Å². The summed E-state index contributed by atoms with van der Waals surface area (Å²) in [5.74, 6) is -6.14. The van der Waals surface area contributed by atoms with Crippen LogP contribution >= 0.6 is 0 Å². The van der Waals surface area contributed by atoms with Crippen molar-refractivity contribution in [3.63, 3.8) is 0 Å². The molecule has 0 unspecified atom stereocenters. The van der Waals surface area contributed by atoms with E-state index in [4.69, 9.17) is 28.5 Å². The Balaban J connectivity index is 0.680. The van der Waals surface area contributed by atoms with Gasteiger partial charge in [0.1, 0.15) is 37.3 Å². The number of carboxylic acids is 1. The maximum atomic E-state index is 14.1. The van der Waals surface area contributed by atoms with Crippen molar-refractivity contribution >= 4 is 58.9 Å². The molecule has 2 bridgehead atoms. The molecule has 0 aromatic heterocycles. The summed E-state index contributed by atoms with van der Waals surface area (Å²) in [6.45, 7) is 2.87. The standard InChI is InChI=1S/C62H74N4O21/c1-58-17-15-36(68)26-35(58)8-9-37-38-27-43-62(42(70)30-67,59(38,2)29-40(69)49(37)58)86-55(84-43)34-6-3-32(4-7-34)28-60-18-21-61(22-19-60,23-20-60)65-57(81)82-31-33-5-10-41(83-56-52(78)50(76)51(77)53(85-56)54(79)80)39(25-33)64-45(72)16-24-63-44(71)11-14-48(75)87-66-46(73)12-13-47(66)74/h3-7,10,15,17,25-26,37-38,40,43,49-53,55-56,67,69,76-78H,8-9,11-14,16,18-24,27-31H2,1-2H3,(H,63,71)(H,64,72)(H,65,81)(H,79,80)/t37-,38-,40-,43+,49+,50-,51-,52+,53-,55+,56+,58-,59-,60?,61?,62+/m0/s1. The van der Waals surface area contributed by atoms with E-state index in [1.54, 1.807) is 12.2 Å². The highest BCUT2D eigenvalue weighted by molar-refractivity contribution is 6.02. The second-order valence-corrected chi connectivity index (χ2v) is 25.6. The molecule has 2 aromatic carbocycles. The Labute approximate surface area is 500 Å². The lowest BCUT2D eigenvalue weighted by Gasteiger charge is -2.59. The number of hydrogen-bond acceptors (Lipinski definition) is 20. The fraction of sp³-hybridized carbons (Fsp3) is 0.597. The number of fused-ring (bicyclic) bond motifs is 10. The van der Waals surface area contributed by atoms with Crippen LogP contribution in [0.15, 0.2) is 66.3 Å². The molecule has 3 aliphatic heterocycles. The van der Waals surface area contributed by atoms with E-state index in [0.717, 1.165) is 48.8 Å². The lowest BCUT2D eigenvalue weighted by atomic mass is 9.46. The van der Waals surface area contributed by atoms with E-state index < -0.39 is 132 Å². The number of alkyl carbamates (subject to hydrolysis) is 1. The second-order valence-electron chi connectivity index (χ2n) is 25.6. The van der Waals surface area contributed by atoms with Crippen molar-refractivity contribution in [1.29, 1.82) is 0 Å². The van der Waals surface area contributed by atoms with Crippen molar-refractivity contribution in [2.24, 2.45) is 34.0 Å². The van der Waals surface area contributed by atoms with Crippen LogP contribution in [0.2, 0.25) is 0 Å². The number of rotatable bonds is 19. The molecule has 87 heavy (non-hydrogen) atoms. The third-order valence-corrected chi connectivity index (χ3v) is 20.6. The zero-order valence-corrected chi connectivity index (χ0v) is 48.3. The summed E-state index contributed by atoms with van der Waals surface area (Å²) in [5, 5.41) is 72.0. The summed E-state index contributed by atoms with van der Waals surface area (Å²) in [6.07, 6.45) is -1.15. The Kier molecular flexibility index (Phi) is 16.9. The molecule has 0 spiro atoms. The number of imide groups is 1. The monoisotopic (exact) mass is 1210 g/mol. The number of anilines is 1. The normalized spacial score (nSPS) is 36.4. The van der Waals surface area contributed by atoms with E-state index in [0.29, 0.717) is 42.7 Å². The van der Waals surface area contributed by atoms with Crippen molar-refractivity contribution in [2.75, 3.05) is 18.5 Å². The minimum absolute atomic E-state index is 0.0138. The maximum Gasteiger partial charge on any atom is 0.407 e. The highest BCUT2D eigenvalue weighted by Crippen LogP contribution is 2.70. The zero-order valence-electron chi connectivity index (χ0n) is 48.3. The Hall–Kier alpha value is -6.97. The Bertz CT molecular complexity index is 3140. The third-order valence-electron chi connectivity index (χ3n) is 20.6. The molecule has 25 nitrogen and oxygen atoms in total. The molecule has 6 saturated carbocycles. The highest BCUT2D eigenvalue weighted by atomic mass is 16.7. The van der Waals surface area contributed by atoms with Gasteiger partial charge in [0.05, 0.1) is 24.3 Å². The van der Waals surface area contributed by atoms with E-state index in [1.165, 1.54) is 18.2 Å². The molecule has 12 rings (SSSR count). The number of allylic oxidation sites excluding steroid dienone is 4. The first-order valence-electron chi connectivity index (χ1n) is 29.9. The van der Waals surface area contributed by atoms with Gasteiger partial charge in [-0.25, -0.2) is 14.4 Å². The number of hydrogen-bond donors (Lipinski definition) is 9. The Morgan fingerprint density at radius 2 is 1.51 bits per heavy atom. The fourth-order valence-corrected chi connectivity index (χ4v) is 16.0. The average Bonchev–Trinajstić information content (AvgIpc) is 1.55. The van der Waals surface area contributed by atoms with Gasteiger partial charge in [-0.15, -0.1) is 5.06 Å². The van der Waals surface area contributed by atoms with Gasteiger partial charge in [0, 0.05) is 60.1 Å². The topological polar surface area (TPSA) is 370 Å². The summed E-state index contributed by atoms with van der Waals surface area (Å²) >= 11 is 0. The number of ether oxygens (including phenoxy) is 5. The molecule has 468 valence electrons. The smallest absolute Gasteiger partial charge is 0.407 e. The lowest BCUT2D eigenvalue weighted by Crippen LogP contribution is -2.63. The number of benzene rings is 2. The molecule has 9 fully saturated rings. The Morgan fingerprint density at radius 1 is 0.805 bits per heavy atom. The number of nitrogens with one attached hydrogen (secondary N) is 3. The Morgan fingerprint density at radius 3 is 2.20 bits per heavy atom. The number of carbonyl (C=O) groups is 9. The lowest BCUT2D eigenvalue weighted by molar-refractivity contribution is -0.271. The van der Waals surface area contributed by atoms with Gasteiger partial charge in [0.25, 0.3) is 11.8 Å². The summed E-state index contributed by atoms with van der Waals surface area (Å²) in [7, 11) is 0. The molecule has 9 N–H and O–H groups in total. The number of ketones is 2. The van der Waals surface area contributed by atoms with Crippen LogP contribution in [0.5, 0.6) is 5.75 Å². The van der Waals surface area contributed by atoms with E-state index in [2.05, 4.69) is 35.0 Å². The van der Waals surface area contributed by atoms with Crippen LogP contribution in [0.25, 0.3) is 0 Å². The number of aliphatic hydroxyl groups is 5. The molecule has 2 aromatic rings. The SMILES string of the molecule is C[C@]12C=CC(=O)C=C1CC[C@@H]1[C@@H]2[C@@H](O)C[C@@]2(C)[C@H]1C[C@H]1O[C@@H](c3ccc(CC45CCC(NC(=O)OCc6ccc(O[C@@H]7O[C@H](C(=O)O)[C@@H](O)[C@H](O)[C@H]7O)c(NC(=O)CCNC(=O)CCC(=O)ON7C(=O)CCC7=O)c6)(CC4)CC5)cc3)O[C@]12C(=O)CO. The minimum atomic E-state index is -2.00. The van der Waals surface area contributed by atoms with E-state index in [1.807, 2.05) is 25.1 Å². The molecule has 5 amide bonds.